The van der Waals surface area contributed by atoms with Crippen LogP contribution in [-0.4, -0.2) is 38.3 Å². The molecular formula is C13H14F2O4. The summed E-state index contributed by atoms with van der Waals surface area (Å²) in [5.74, 6) is -1.59. The molecule has 6 heteroatoms. The summed E-state index contributed by atoms with van der Waals surface area (Å²) in [5.41, 5.74) is 0. The van der Waals surface area contributed by atoms with Crippen LogP contribution in [0.2, 0.25) is 0 Å². The topological polar surface area (TPSA) is 44.8 Å². The van der Waals surface area contributed by atoms with Gasteiger partial charge in [0.1, 0.15) is 11.9 Å². The third-order valence-electron chi connectivity index (χ3n) is 2.81. The molecule has 0 heterocycles. The molecule has 0 amide bonds. The molecule has 0 aliphatic heterocycles. The number of hydrogen-bond acceptors (Lipinski definition) is 4. The molecule has 1 aromatic rings. The first-order chi connectivity index (χ1) is 9.11. The summed E-state index contributed by atoms with van der Waals surface area (Å²) >= 11 is 0. The van der Waals surface area contributed by atoms with E-state index in [9.17, 15) is 13.6 Å². The average molecular weight is 272 g/mol. The van der Waals surface area contributed by atoms with Crippen molar-refractivity contribution >= 4 is 5.78 Å². The molecule has 0 spiro atoms. The van der Waals surface area contributed by atoms with Gasteiger partial charge in [0.05, 0.1) is 13.2 Å². The first kappa shape index (κ1) is 13.9. The van der Waals surface area contributed by atoms with Crippen molar-refractivity contribution in [3.63, 3.8) is 0 Å². The van der Waals surface area contributed by atoms with Gasteiger partial charge in [-0.3, -0.25) is 4.79 Å². The van der Waals surface area contributed by atoms with Crippen molar-refractivity contribution in [1.82, 2.24) is 0 Å². The van der Waals surface area contributed by atoms with Gasteiger partial charge in [0, 0.05) is 19.6 Å². The molecule has 1 saturated carbocycles. The van der Waals surface area contributed by atoms with E-state index < -0.39 is 23.8 Å². The van der Waals surface area contributed by atoms with Crippen molar-refractivity contribution in [2.24, 2.45) is 0 Å². The molecule has 19 heavy (non-hydrogen) atoms. The first-order valence-corrected chi connectivity index (χ1v) is 5.87. The number of ketones is 1. The van der Waals surface area contributed by atoms with Crippen LogP contribution in [0.4, 0.5) is 8.78 Å². The summed E-state index contributed by atoms with van der Waals surface area (Å²) in [6.45, 7) is 0.600. The molecule has 1 fully saturated rings. The van der Waals surface area contributed by atoms with Gasteiger partial charge in [0.15, 0.2) is 23.5 Å². The highest BCUT2D eigenvalue weighted by molar-refractivity contribution is 5.90. The number of rotatable bonds is 6. The average Bonchev–Trinajstić information content (AvgIpc) is 2.38. The van der Waals surface area contributed by atoms with Crippen LogP contribution in [0.5, 0.6) is 5.75 Å². The fourth-order valence-electron chi connectivity index (χ4n) is 1.76. The van der Waals surface area contributed by atoms with Gasteiger partial charge in [-0.1, -0.05) is 0 Å². The zero-order valence-electron chi connectivity index (χ0n) is 10.4. The van der Waals surface area contributed by atoms with Crippen molar-refractivity contribution in [2.45, 2.75) is 18.6 Å². The van der Waals surface area contributed by atoms with E-state index in [0.717, 1.165) is 18.2 Å². The number of carbonyl (C=O) groups excluding carboxylic acids is 1. The van der Waals surface area contributed by atoms with Gasteiger partial charge in [-0.2, -0.15) is 0 Å². The zero-order valence-corrected chi connectivity index (χ0v) is 10.4. The molecule has 2 atom stereocenters. The second-order valence-electron chi connectivity index (χ2n) is 4.19. The maximum Gasteiger partial charge on any atom is 0.169 e. The molecule has 1 aliphatic carbocycles. The van der Waals surface area contributed by atoms with Crippen molar-refractivity contribution in [2.75, 3.05) is 20.3 Å². The molecule has 104 valence electrons. The predicted octanol–water partition coefficient (Wildman–Crippen LogP) is 1.72. The quantitative estimate of drug-likeness (QED) is 0.740. The number of halogens is 2. The monoisotopic (exact) mass is 272 g/mol. The molecule has 0 radical (unpaired) electrons. The third-order valence-corrected chi connectivity index (χ3v) is 2.81. The Balaban J connectivity index is 1.95. The van der Waals surface area contributed by atoms with E-state index in [0.29, 0.717) is 6.61 Å². The van der Waals surface area contributed by atoms with E-state index in [4.69, 9.17) is 14.2 Å². The van der Waals surface area contributed by atoms with Crippen molar-refractivity contribution in [1.29, 1.82) is 0 Å². The van der Waals surface area contributed by atoms with Crippen molar-refractivity contribution < 1.29 is 27.8 Å². The molecule has 0 N–H and O–H groups in total. The van der Waals surface area contributed by atoms with Crippen LogP contribution in [0.15, 0.2) is 18.2 Å². The van der Waals surface area contributed by atoms with Crippen LogP contribution >= 0.6 is 0 Å². The van der Waals surface area contributed by atoms with Crippen LogP contribution in [-0.2, 0) is 14.3 Å². The summed E-state index contributed by atoms with van der Waals surface area (Å²) in [6.07, 6.45) is -1.19. The number of ether oxygens (including phenoxy) is 3. The molecule has 4 nitrogen and oxygen atoms in total. The van der Waals surface area contributed by atoms with Crippen LogP contribution < -0.4 is 4.74 Å². The van der Waals surface area contributed by atoms with Crippen LogP contribution in [0, 0.1) is 11.6 Å². The molecule has 0 saturated heterocycles. The number of carbonyl (C=O) groups is 1. The Labute approximate surface area is 109 Å². The van der Waals surface area contributed by atoms with Gasteiger partial charge in [0.25, 0.3) is 0 Å². The van der Waals surface area contributed by atoms with E-state index >= 15 is 0 Å². The standard InChI is InChI=1S/C13H14F2O4/c1-17-4-5-18-13-10(16)7-12(13)19-11-6-8(14)2-3-9(11)15/h2-3,6,12-13H,4-5,7H2,1H3. The molecule has 2 rings (SSSR count). The maximum atomic E-state index is 13.4. The zero-order chi connectivity index (χ0) is 13.8. The number of methoxy groups -OCH3 is 1. The van der Waals surface area contributed by atoms with Crippen LogP contribution in [0.3, 0.4) is 0 Å². The Morgan fingerprint density at radius 1 is 1.32 bits per heavy atom. The van der Waals surface area contributed by atoms with Gasteiger partial charge in [0.2, 0.25) is 0 Å². The van der Waals surface area contributed by atoms with Gasteiger partial charge in [-0.25, -0.2) is 8.78 Å². The summed E-state index contributed by atoms with van der Waals surface area (Å²) < 4.78 is 41.7. The number of hydrogen-bond donors (Lipinski definition) is 0. The molecule has 1 aliphatic rings. The number of benzene rings is 1. The van der Waals surface area contributed by atoms with Crippen molar-refractivity contribution in [3.8, 4) is 5.75 Å². The summed E-state index contributed by atoms with van der Waals surface area (Å²) in [7, 11) is 1.52. The SMILES string of the molecule is COCCOC1C(=O)CC1Oc1cc(F)ccc1F. The Bertz CT molecular complexity index is 464. The summed E-state index contributed by atoms with van der Waals surface area (Å²) in [5, 5.41) is 0. The van der Waals surface area contributed by atoms with E-state index in [2.05, 4.69) is 0 Å². The van der Waals surface area contributed by atoms with Crippen LogP contribution in [0.25, 0.3) is 0 Å². The first-order valence-electron chi connectivity index (χ1n) is 5.87. The third kappa shape index (κ3) is 3.27. The molecular weight excluding hydrogens is 258 g/mol. The highest BCUT2D eigenvalue weighted by Crippen LogP contribution is 2.27. The predicted molar refractivity (Wildman–Crippen MR) is 62.0 cm³/mol. The molecule has 0 aromatic heterocycles. The summed E-state index contributed by atoms with van der Waals surface area (Å²) in [6, 6.07) is 2.93. The van der Waals surface area contributed by atoms with E-state index in [1.54, 1.807) is 0 Å². The Kier molecular flexibility index (Phi) is 4.44. The highest BCUT2D eigenvalue weighted by Gasteiger charge is 2.43. The van der Waals surface area contributed by atoms with Crippen molar-refractivity contribution in [3.05, 3.63) is 29.8 Å². The lowest BCUT2D eigenvalue weighted by Gasteiger charge is -2.34. The minimum atomic E-state index is -0.738. The Morgan fingerprint density at radius 3 is 2.79 bits per heavy atom. The van der Waals surface area contributed by atoms with Gasteiger partial charge < -0.3 is 14.2 Å². The van der Waals surface area contributed by atoms with E-state index in [-0.39, 0.29) is 24.6 Å². The lowest BCUT2D eigenvalue weighted by molar-refractivity contribution is -0.156. The number of Topliss-reactive ketones (excluding diaryl/α,β-unsaturated/α-hetero) is 1. The minimum Gasteiger partial charge on any atom is -0.484 e. The second-order valence-corrected chi connectivity index (χ2v) is 4.19. The Morgan fingerprint density at radius 2 is 2.11 bits per heavy atom. The van der Waals surface area contributed by atoms with Gasteiger partial charge >= 0.3 is 0 Å². The molecule has 1 aromatic carbocycles. The summed E-state index contributed by atoms with van der Waals surface area (Å²) in [4.78, 5) is 11.4. The maximum absolute atomic E-state index is 13.4. The fourth-order valence-corrected chi connectivity index (χ4v) is 1.76. The fraction of sp³-hybridized carbons (Fsp3) is 0.462. The van der Waals surface area contributed by atoms with E-state index in [1.165, 1.54) is 7.11 Å². The Hall–Kier alpha value is -1.53. The van der Waals surface area contributed by atoms with Crippen LogP contribution in [0.1, 0.15) is 6.42 Å². The molecule has 2 unspecified atom stereocenters. The van der Waals surface area contributed by atoms with Gasteiger partial charge in [-0.05, 0) is 12.1 Å². The normalized spacial score (nSPS) is 22.2. The lowest BCUT2D eigenvalue weighted by Crippen LogP contribution is -2.52. The highest BCUT2D eigenvalue weighted by atomic mass is 19.1. The largest absolute Gasteiger partial charge is 0.484 e. The van der Waals surface area contributed by atoms with E-state index in [1.807, 2.05) is 0 Å². The van der Waals surface area contributed by atoms with Gasteiger partial charge in [-0.15, -0.1) is 0 Å². The lowest BCUT2D eigenvalue weighted by atomic mass is 9.90. The molecule has 0 bridgehead atoms. The second kappa shape index (κ2) is 6.08. The smallest absolute Gasteiger partial charge is 0.169 e. The minimum absolute atomic E-state index is 0.113.